The van der Waals surface area contributed by atoms with Crippen LogP contribution in [0.25, 0.3) is 11.3 Å². The smallest absolute Gasteiger partial charge is 0.252 e. The standard InChI is InChI=1S/C18H27N3O3S2/c1-4-5-8-21(16-6-9-20(3)10-7-16)26(22,23)18-12-15(13-25-18)17-11-14(2)19-24-17/h11-13,16H,4-10H2,1-3H3. The molecule has 6 nitrogen and oxygen atoms in total. The molecule has 0 amide bonds. The third kappa shape index (κ3) is 4.19. The lowest BCUT2D eigenvalue weighted by atomic mass is 10.1. The van der Waals surface area contributed by atoms with Crippen LogP contribution in [0.15, 0.2) is 26.2 Å². The van der Waals surface area contributed by atoms with E-state index in [1.165, 1.54) is 11.3 Å². The van der Waals surface area contributed by atoms with Gasteiger partial charge in [-0.15, -0.1) is 11.3 Å². The van der Waals surface area contributed by atoms with Crippen LogP contribution in [-0.2, 0) is 10.0 Å². The van der Waals surface area contributed by atoms with Crippen molar-refractivity contribution in [3.8, 4) is 11.3 Å². The Hall–Kier alpha value is -1.22. The fraction of sp³-hybridized carbons (Fsp3) is 0.611. The predicted molar refractivity (Wildman–Crippen MR) is 104 cm³/mol. The Morgan fingerprint density at radius 3 is 2.69 bits per heavy atom. The molecule has 0 aromatic carbocycles. The lowest BCUT2D eigenvalue weighted by Crippen LogP contribution is -2.46. The summed E-state index contributed by atoms with van der Waals surface area (Å²) in [4.78, 5) is 2.26. The summed E-state index contributed by atoms with van der Waals surface area (Å²) in [6.07, 6.45) is 3.63. The van der Waals surface area contributed by atoms with Crippen LogP contribution in [0.3, 0.4) is 0 Å². The van der Waals surface area contributed by atoms with E-state index in [-0.39, 0.29) is 6.04 Å². The van der Waals surface area contributed by atoms with Gasteiger partial charge in [-0.05, 0) is 52.4 Å². The fourth-order valence-electron chi connectivity index (χ4n) is 3.29. The van der Waals surface area contributed by atoms with Gasteiger partial charge in [0.2, 0.25) is 0 Å². The first kappa shape index (κ1) is 19.5. The van der Waals surface area contributed by atoms with E-state index in [1.807, 2.05) is 18.4 Å². The average Bonchev–Trinajstić information content (AvgIpc) is 3.26. The Labute approximate surface area is 159 Å². The Kier molecular flexibility index (Phi) is 6.17. The number of nitrogens with zero attached hydrogens (tertiary/aromatic N) is 3. The monoisotopic (exact) mass is 397 g/mol. The van der Waals surface area contributed by atoms with Crippen LogP contribution in [0, 0.1) is 6.92 Å². The number of hydrogen-bond donors (Lipinski definition) is 0. The number of hydrogen-bond acceptors (Lipinski definition) is 6. The minimum atomic E-state index is -3.50. The number of piperidine rings is 1. The fourth-order valence-corrected chi connectivity index (χ4v) is 6.31. The third-order valence-corrected chi connectivity index (χ3v) is 8.25. The van der Waals surface area contributed by atoms with E-state index in [2.05, 4.69) is 24.0 Å². The Balaban J connectivity index is 1.86. The molecule has 0 aliphatic carbocycles. The van der Waals surface area contributed by atoms with E-state index in [4.69, 9.17) is 4.52 Å². The number of sulfonamides is 1. The van der Waals surface area contributed by atoms with Crippen LogP contribution in [0.5, 0.6) is 0 Å². The van der Waals surface area contributed by atoms with Crippen LogP contribution in [0.1, 0.15) is 38.3 Å². The van der Waals surface area contributed by atoms with Gasteiger partial charge in [-0.3, -0.25) is 0 Å². The number of aryl methyl sites for hydroxylation is 1. The van der Waals surface area contributed by atoms with Gasteiger partial charge in [0.25, 0.3) is 10.0 Å². The zero-order valence-corrected chi connectivity index (χ0v) is 17.3. The van der Waals surface area contributed by atoms with Crippen molar-refractivity contribution in [1.29, 1.82) is 0 Å². The Morgan fingerprint density at radius 2 is 2.08 bits per heavy atom. The summed E-state index contributed by atoms with van der Waals surface area (Å²) in [5, 5.41) is 5.72. The SMILES string of the molecule is CCCCN(C1CCN(C)CC1)S(=O)(=O)c1cc(-c2cc(C)no2)cs1. The molecular formula is C18H27N3O3S2. The third-order valence-electron chi connectivity index (χ3n) is 4.88. The molecule has 0 saturated carbocycles. The number of unbranched alkanes of at least 4 members (excludes halogenated alkanes) is 1. The second kappa shape index (κ2) is 8.21. The number of rotatable bonds is 7. The molecule has 1 saturated heterocycles. The van der Waals surface area contributed by atoms with Crippen molar-refractivity contribution in [2.75, 3.05) is 26.7 Å². The van der Waals surface area contributed by atoms with Crippen molar-refractivity contribution >= 4 is 21.4 Å². The first-order valence-corrected chi connectivity index (χ1v) is 11.5. The maximum absolute atomic E-state index is 13.3. The first-order chi connectivity index (χ1) is 12.4. The van der Waals surface area contributed by atoms with Crippen LogP contribution in [-0.4, -0.2) is 55.5 Å². The molecule has 26 heavy (non-hydrogen) atoms. The van der Waals surface area contributed by atoms with E-state index in [1.54, 1.807) is 10.4 Å². The topological polar surface area (TPSA) is 66.7 Å². The molecule has 2 aromatic rings. The van der Waals surface area contributed by atoms with Gasteiger partial charge in [-0.1, -0.05) is 18.5 Å². The van der Waals surface area contributed by atoms with Gasteiger partial charge in [0.05, 0.1) is 5.69 Å². The molecule has 0 atom stereocenters. The van der Waals surface area contributed by atoms with E-state index in [9.17, 15) is 8.42 Å². The van der Waals surface area contributed by atoms with Crippen molar-refractivity contribution in [1.82, 2.24) is 14.4 Å². The van der Waals surface area contributed by atoms with Gasteiger partial charge in [0, 0.05) is 29.6 Å². The average molecular weight is 398 g/mol. The van der Waals surface area contributed by atoms with E-state index in [0.717, 1.165) is 50.0 Å². The molecule has 2 aromatic heterocycles. The van der Waals surface area contributed by atoms with Crippen molar-refractivity contribution in [2.45, 2.75) is 49.8 Å². The molecule has 0 N–H and O–H groups in total. The summed E-state index contributed by atoms with van der Waals surface area (Å²) in [6.45, 7) is 6.41. The summed E-state index contributed by atoms with van der Waals surface area (Å²) in [7, 11) is -1.41. The number of thiophene rings is 1. The Bertz CT molecular complexity index is 820. The van der Waals surface area contributed by atoms with Crippen LogP contribution in [0.4, 0.5) is 0 Å². The summed E-state index contributed by atoms with van der Waals surface area (Å²) >= 11 is 1.26. The lowest BCUT2D eigenvalue weighted by molar-refractivity contribution is 0.181. The summed E-state index contributed by atoms with van der Waals surface area (Å²) in [5.74, 6) is 0.611. The van der Waals surface area contributed by atoms with E-state index >= 15 is 0 Å². The van der Waals surface area contributed by atoms with E-state index in [0.29, 0.717) is 16.5 Å². The highest BCUT2D eigenvalue weighted by Crippen LogP contribution is 2.32. The number of aromatic nitrogens is 1. The molecular weight excluding hydrogens is 370 g/mol. The minimum Gasteiger partial charge on any atom is -0.356 e. The van der Waals surface area contributed by atoms with Crippen molar-refractivity contribution in [3.05, 3.63) is 23.2 Å². The van der Waals surface area contributed by atoms with Gasteiger partial charge in [0.1, 0.15) is 4.21 Å². The molecule has 0 unspecified atom stereocenters. The zero-order chi connectivity index (χ0) is 18.7. The maximum Gasteiger partial charge on any atom is 0.252 e. The molecule has 1 fully saturated rings. The molecule has 0 spiro atoms. The molecule has 3 heterocycles. The summed E-state index contributed by atoms with van der Waals surface area (Å²) in [5.41, 5.74) is 1.56. The normalized spacial score (nSPS) is 17.2. The molecule has 1 aliphatic heterocycles. The Morgan fingerprint density at radius 1 is 1.35 bits per heavy atom. The van der Waals surface area contributed by atoms with Gasteiger partial charge >= 0.3 is 0 Å². The molecule has 0 radical (unpaired) electrons. The van der Waals surface area contributed by atoms with Gasteiger partial charge in [0.15, 0.2) is 5.76 Å². The summed E-state index contributed by atoms with van der Waals surface area (Å²) < 4.78 is 34.1. The van der Waals surface area contributed by atoms with Gasteiger partial charge in [-0.25, -0.2) is 8.42 Å². The second-order valence-corrected chi connectivity index (χ2v) is 10.0. The quantitative estimate of drug-likeness (QED) is 0.714. The van der Waals surface area contributed by atoms with Gasteiger partial charge in [-0.2, -0.15) is 4.31 Å². The predicted octanol–water partition coefficient (Wildman–Crippen LogP) is 3.60. The molecule has 1 aliphatic rings. The zero-order valence-electron chi connectivity index (χ0n) is 15.6. The lowest BCUT2D eigenvalue weighted by Gasteiger charge is -2.36. The van der Waals surface area contributed by atoms with Crippen LogP contribution < -0.4 is 0 Å². The molecule has 8 heteroatoms. The summed E-state index contributed by atoms with van der Waals surface area (Å²) in [6, 6.07) is 3.62. The second-order valence-electron chi connectivity index (χ2n) is 6.99. The van der Waals surface area contributed by atoms with E-state index < -0.39 is 10.0 Å². The van der Waals surface area contributed by atoms with Crippen molar-refractivity contribution < 1.29 is 12.9 Å². The van der Waals surface area contributed by atoms with Crippen molar-refractivity contribution in [3.63, 3.8) is 0 Å². The molecule has 144 valence electrons. The molecule has 0 bridgehead atoms. The minimum absolute atomic E-state index is 0.0841. The van der Waals surface area contributed by atoms with Gasteiger partial charge < -0.3 is 9.42 Å². The van der Waals surface area contributed by atoms with Crippen molar-refractivity contribution in [2.24, 2.45) is 0 Å². The van der Waals surface area contributed by atoms with Crippen LogP contribution >= 0.6 is 11.3 Å². The molecule has 3 rings (SSSR count). The largest absolute Gasteiger partial charge is 0.356 e. The maximum atomic E-state index is 13.3. The highest BCUT2D eigenvalue weighted by Gasteiger charge is 2.34. The number of likely N-dealkylation sites (tertiary alicyclic amines) is 1. The highest BCUT2D eigenvalue weighted by atomic mass is 32.2. The first-order valence-electron chi connectivity index (χ1n) is 9.14. The highest BCUT2D eigenvalue weighted by molar-refractivity contribution is 7.91. The van der Waals surface area contributed by atoms with Crippen LogP contribution in [0.2, 0.25) is 0 Å².